The Labute approximate surface area is 135 Å². The summed E-state index contributed by atoms with van der Waals surface area (Å²) in [6, 6.07) is 0. The van der Waals surface area contributed by atoms with Gasteiger partial charge in [0.15, 0.2) is 0 Å². The molecule has 0 unspecified atom stereocenters. The van der Waals surface area contributed by atoms with E-state index in [1.165, 1.54) is 23.3 Å². The van der Waals surface area contributed by atoms with Crippen LogP contribution in [-0.4, -0.2) is 16.1 Å². The minimum atomic E-state index is 0.150. The summed E-state index contributed by atoms with van der Waals surface area (Å²) in [5.74, 6) is 1.27. The van der Waals surface area contributed by atoms with Crippen LogP contribution in [0.4, 0.5) is 5.95 Å². The number of nitrogens with zero attached hydrogens (tertiary/aromatic N) is 2. The second-order valence-corrected chi connectivity index (χ2v) is 7.64. The molecule has 3 rings (SSSR count). The number of thiophene rings is 1. The number of hydrogen-bond acceptors (Lipinski definition) is 4. The Kier molecular flexibility index (Phi) is 4.52. The third kappa shape index (κ3) is 2.78. The number of aromatic nitrogens is 2. The van der Waals surface area contributed by atoms with Crippen molar-refractivity contribution in [3.63, 3.8) is 0 Å². The molecule has 0 fully saturated rings. The zero-order valence-corrected chi connectivity index (χ0v) is 14.6. The van der Waals surface area contributed by atoms with Gasteiger partial charge in [0.05, 0.1) is 5.39 Å². The molecule has 0 saturated heterocycles. The standard InChI is InChI=1S/C17H25N3OS/c1-4-9-20-16(21)14-12-7-5-6-8-13(12)22-15(14)19-17(20)18-10-11(2)3/h11H,4-10H2,1-3H3,(H,18,19). The van der Waals surface area contributed by atoms with Crippen molar-refractivity contribution in [3.05, 3.63) is 20.8 Å². The van der Waals surface area contributed by atoms with E-state index in [1.54, 1.807) is 11.3 Å². The van der Waals surface area contributed by atoms with Crippen molar-refractivity contribution in [2.24, 2.45) is 5.92 Å². The van der Waals surface area contributed by atoms with Crippen LogP contribution < -0.4 is 10.9 Å². The number of aryl methyl sites for hydroxylation is 2. The summed E-state index contributed by atoms with van der Waals surface area (Å²) in [4.78, 5) is 20.1. The summed E-state index contributed by atoms with van der Waals surface area (Å²) in [6.45, 7) is 8.00. The molecule has 0 saturated carbocycles. The van der Waals surface area contributed by atoms with Gasteiger partial charge in [0.1, 0.15) is 4.83 Å². The molecule has 2 aromatic rings. The van der Waals surface area contributed by atoms with Crippen LogP contribution in [0.3, 0.4) is 0 Å². The van der Waals surface area contributed by atoms with Crippen LogP contribution in [0.15, 0.2) is 4.79 Å². The van der Waals surface area contributed by atoms with E-state index in [0.717, 1.165) is 48.5 Å². The van der Waals surface area contributed by atoms with Crippen LogP contribution >= 0.6 is 11.3 Å². The van der Waals surface area contributed by atoms with Crippen LogP contribution in [0.5, 0.6) is 0 Å². The highest BCUT2D eigenvalue weighted by Crippen LogP contribution is 2.34. The van der Waals surface area contributed by atoms with E-state index in [0.29, 0.717) is 5.92 Å². The topological polar surface area (TPSA) is 46.9 Å². The maximum absolute atomic E-state index is 13.0. The van der Waals surface area contributed by atoms with E-state index in [-0.39, 0.29) is 5.56 Å². The highest BCUT2D eigenvalue weighted by atomic mass is 32.1. The Hall–Kier alpha value is -1.36. The van der Waals surface area contributed by atoms with E-state index in [9.17, 15) is 4.79 Å². The van der Waals surface area contributed by atoms with Crippen molar-refractivity contribution < 1.29 is 0 Å². The highest BCUT2D eigenvalue weighted by molar-refractivity contribution is 7.18. The summed E-state index contributed by atoms with van der Waals surface area (Å²) in [5.41, 5.74) is 1.43. The molecule has 4 nitrogen and oxygen atoms in total. The molecule has 1 aliphatic carbocycles. The van der Waals surface area contributed by atoms with Gasteiger partial charge >= 0.3 is 0 Å². The van der Waals surface area contributed by atoms with Crippen molar-refractivity contribution in [2.75, 3.05) is 11.9 Å². The van der Waals surface area contributed by atoms with Gasteiger partial charge in [0.2, 0.25) is 5.95 Å². The van der Waals surface area contributed by atoms with Crippen molar-refractivity contribution in [1.29, 1.82) is 0 Å². The van der Waals surface area contributed by atoms with Gasteiger partial charge in [-0.2, -0.15) is 0 Å². The molecule has 0 atom stereocenters. The van der Waals surface area contributed by atoms with Crippen LogP contribution in [0.1, 0.15) is 50.5 Å². The van der Waals surface area contributed by atoms with Crippen LogP contribution in [0.2, 0.25) is 0 Å². The van der Waals surface area contributed by atoms with E-state index in [2.05, 4.69) is 26.1 Å². The molecule has 0 aromatic carbocycles. The number of anilines is 1. The van der Waals surface area contributed by atoms with Gasteiger partial charge in [-0.05, 0) is 43.6 Å². The van der Waals surface area contributed by atoms with Crippen LogP contribution in [-0.2, 0) is 19.4 Å². The van der Waals surface area contributed by atoms with E-state index in [1.807, 2.05) is 4.57 Å². The lowest BCUT2D eigenvalue weighted by Crippen LogP contribution is -2.26. The molecule has 22 heavy (non-hydrogen) atoms. The molecule has 0 aliphatic heterocycles. The fourth-order valence-electron chi connectivity index (χ4n) is 3.10. The maximum Gasteiger partial charge on any atom is 0.263 e. The first-order valence-electron chi connectivity index (χ1n) is 8.40. The van der Waals surface area contributed by atoms with Gasteiger partial charge in [-0.3, -0.25) is 9.36 Å². The SMILES string of the molecule is CCCn1c(NCC(C)C)nc2sc3c(c2c1=O)CCCC3. The Bertz CT molecular complexity index is 730. The van der Waals surface area contributed by atoms with E-state index < -0.39 is 0 Å². The van der Waals surface area contributed by atoms with Crippen LogP contribution in [0.25, 0.3) is 10.2 Å². The predicted molar refractivity (Wildman–Crippen MR) is 94.1 cm³/mol. The summed E-state index contributed by atoms with van der Waals surface area (Å²) < 4.78 is 1.84. The third-order valence-electron chi connectivity index (χ3n) is 4.19. The zero-order chi connectivity index (χ0) is 15.7. The lowest BCUT2D eigenvalue weighted by Gasteiger charge is -2.15. The van der Waals surface area contributed by atoms with Crippen molar-refractivity contribution in [1.82, 2.24) is 9.55 Å². The molecular formula is C17H25N3OS. The number of hydrogen-bond donors (Lipinski definition) is 1. The van der Waals surface area contributed by atoms with Gasteiger partial charge in [-0.15, -0.1) is 11.3 Å². The molecule has 0 bridgehead atoms. The lowest BCUT2D eigenvalue weighted by atomic mass is 9.97. The highest BCUT2D eigenvalue weighted by Gasteiger charge is 2.21. The van der Waals surface area contributed by atoms with Crippen molar-refractivity contribution in [2.45, 2.75) is 59.4 Å². The minimum Gasteiger partial charge on any atom is -0.355 e. The van der Waals surface area contributed by atoms with Crippen molar-refractivity contribution in [3.8, 4) is 0 Å². The maximum atomic E-state index is 13.0. The molecule has 0 radical (unpaired) electrons. The van der Waals surface area contributed by atoms with Gasteiger partial charge in [-0.1, -0.05) is 20.8 Å². The molecular weight excluding hydrogens is 294 g/mol. The molecule has 2 heterocycles. The minimum absolute atomic E-state index is 0.150. The quantitative estimate of drug-likeness (QED) is 0.911. The number of fused-ring (bicyclic) bond motifs is 3. The fourth-order valence-corrected chi connectivity index (χ4v) is 4.35. The van der Waals surface area contributed by atoms with Gasteiger partial charge in [-0.25, -0.2) is 4.98 Å². The number of rotatable bonds is 5. The van der Waals surface area contributed by atoms with Crippen molar-refractivity contribution >= 4 is 27.5 Å². The first kappa shape index (κ1) is 15.5. The second-order valence-electron chi connectivity index (χ2n) is 6.56. The molecule has 0 spiro atoms. The third-order valence-corrected chi connectivity index (χ3v) is 5.38. The number of nitrogens with one attached hydrogen (secondary N) is 1. The molecule has 2 aromatic heterocycles. The van der Waals surface area contributed by atoms with Crippen LogP contribution in [0, 0.1) is 5.92 Å². The largest absolute Gasteiger partial charge is 0.355 e. The fraction of sp³-hybridized carbons (Fsp3) is 0.647. The Balaban J connectivity index is 2.14. The Morgan fingerprint density at radius 1 is 1.32 bits per heavy atom. The van der Waals surface area contributed by atoms with E-state index >= 15 is 0 Å². The van der Waals surface area contributed by atoms with Gasteiger partial charge in [0, 0.05) is 18.0 Å². The summed E-state index contributed by atoms with van der Waals surface area (Å²) in [6.07, 6.45) is 5.52. The first-order valence-corrected chi connectivity index (χ1v) is 9.22. The van der Waals surface area contributed by atoms with Gasteiger partial charge in [0.25, 0.3) is 5.56 Å². The normalized spacial score (nSPS) is 14.5. The van der Waals surface area contributed by atoms with Gasteiger partial charge < -0.3 is 5.32 Å². The summed E-state index contributed by atoms with van der Waals surface area (Å²) in [5, 5.41) is 4.26. The average molecular weight is 319 g/mol. The second kappa shape index (κ2) is 6.41. The zero-order valence-electron chi connectivity index (χ0n) is 13.7. The monoisotopic (exact) mass is 319 g/mol. The predicted octanol–water partition coefficient (Wildman–Crippen LogP) is 3.81. The summed E-state index contributed by atoms with van der Waals surface area (Å²) >= 11 is 1.72. The smallest absolute Gasteiger partial charge is 0.263 e. The molecule has 120 valence electrons. The molecule has 5 heteroatoms. The molecule has 1 aliphatic rings. The Morgan fingerprint density at radius 2 is 2.09 bits per heavy atom. The van der Waals surface area contributed by atoms with E-state index in [4.69, 9.17) is 4.98 Å². The lowest BCUT2D eigenvalue weighted by molar-refractivity contribution is 0.633. The summed E-state index contributed by atoms with van der Waals surface area (Å²) in [7, 11) is 0. The molecule has 0 amide bonds. The Morgan fingerprint density at radius 3 is 2.82 bits per heavy atom. The molecule has 1 N–H and O–H groups in total. The first-order chi connectivity index (χ1) is 10.6. The average Bonchev–Trinajstić information content (AvgIpc) is 2.86.